The predicted octanol–water partition coefficient (Wildman–Crippen LogP) is 7.13. The Morgan fingerprint density at radius 2 is 1.29 bits per heavy atom. The van der Waals surface area contributed by atoms with E-state index in [9.17, 15) is 52.7 Å². The molecule has 3 nitrogen and oxygen atoms in total. The zero-order valence-electron chi connectivity index (χ0n) is 19.0. The summed E-state index contributed by atoms with van der Waals surface area (Å²) < 4.78 is 167. The van der Waals surface area contributed by atoms with Crippen LogP contribution in [0.5, 0.6) is 5.75 Å². The molecule has 0 spiro atoms. The molecular weight excluding hydrogens is 512 g/mol. The largest absolute Gasteiger partial charge is 0.487 e. The molecule has 0 heterocycles. The van der Waals surface area contributed by atoms with Crippen molar-refractivity contribution in [1.82, 2.24) is 4.90 Å². The van der Waals surface area contributed by atoms with Crippen LogP contribution in [0.2, 0.25) is 0 Å². The van der Waals surface area contributed by atoms with Crippen LogP contribution in [0.4, 0.5) is 58.4 Å². The second-order valence-corrected chi connectivity index (χ2v) is 7.90. The molecule has 0 radical (unpaired) electrons. The van der Waals surface area contributed by atoms with E-state index in [0.717, 1.165) is 6.07 Å². The average Bonchev–Trinajstić information content (AvgIpc) is 2.71. The van der Waals surface area contributed by atoms with E-state index in [0.29, 0.717) is 12.2 Å². The maximum Gasteiger partial charge on any atom is 0.384 e. The van der Waals surface area contributed by atoms with Gasteiger partial charge in [0.2, 0.25) is 0 Å². The summed E-state index contributed by atoms with van der Waals surface area (Å²) in [5.41, 5.74) is 0.541. The van der Waals surface area contributed by atoms with Gasteiger partial charge in [-0.3, -0.25) is 0 Å². The molecule has 0 bridgehead atoms. The molecule has 0 N–H and O–H groups in total. The number of ether oxygens (including phenoxy) is 1. The molecule has 0 unspecified atom stereocenters. The zero-order chi connectivity index (χ0) is 27.8. The Labute approximate surface area is 192 Å². The van der Waals surface area contributed by atoms with E-state index in [2.05, 4.69) is 9.73 Å². The molecule has 202 valence electrons. The number of halogens is 12. The van der Waals surface area contributed by atoms with Crippen LogP contribution in [0.15, 0.2) is 17.1 Å². The van der Waals surface area contributed by atoms with Gasteiger partial charge >= 0.3 is 35.5 Å². The summed E-state index contributed by atoms with van der Waals surface area (Å²) >= 11 is 0. The molecule has 0 aliphatic heterocycles. The van der Waals surface area contributed by atoms with Gasteiger partial charge < -0.3 is 9.64 Å². The molecule has 0 atom stereocenters. The number of aryl methyl sites for hydroxylation is 2. The standard InChI is InChI=1S/C20H22F12N2O/c1-6-34(5)10-33-13-7-12(3)14(8-11(13)2)35-9-16(23,24)18(27,28)20(31,32)19(29,30)17(25,26)15(4,21)22/h7-8,10H,6,9H2,1-5H3. The molecule has 0 amide bonds. The SMILES string of the molecule is CCN(C)C=Nc1cc(C)c(OCC(F)(F)C(F)(F)C(F)(F)C(F)(F)C(F)(F)C(C)(F)F)cc1C. The number of benzene rings is 1. The first-order chi connectivity index (χ1) is 15.5. The maximum atomic E-state index is 14.0. The summed E-state index contributed by atoms with van der Waals surface area (Å²) in [6.45, 7) is 1.42. The van der Waals surface area contributed by atoms with Gasteiger partial charge in [0.25, 0.3) is 0 Å². The first kappa shape index (κ1) is 30.7. The van der Waals surface area contributed by atoms with Crippen molar-refractivity contribution in [3.05, 3.63) is 23.3 Å². The van der Waals surface area contributed by atoms with E-state index in [1.54, 1.807) is 11.9 Å². The van der Waals surface area contributed by atoms with Crippen molar-refractivity contribution in [2.75, 3.05) is 20.2 Å². The third-order valence-electron chi connectivity index (χ3n) is 4.99. The fourth-order valence-corrected chi connectivity index (χ4v) is 2.47. The average molecular weight is 534 g/mol. The highest BCUT2D eigenvalue weighted by Gasteiger charge is 2.89. The number of hydrogen-bond donors (Lipinski definition) is 0. The van der Waals surface area contributed by atoms with E-state index in [1.807, 2.05) is 6.92 Å². The van der Waals surface area contributed by atoms with Crippen molar-refractivity contribution in [3.63, 3.8) is 0 Å². The van der Waals surface area contributed by atoms with Crippen LogP contribution in [0.25, 0.3) is 0 Å². The van der Waals surface area contributed by atoms with Crippen molar-refractivity contribution in [2.24, 2.45) is 4.99 Å². The lowest BCUT2D eigenvalue weighted by atomic mass is 9.92. The van der Waals surface area contributed by atoms with Crippen LogP contribution in [-0.2, 0) is 0 Å². The van der Waals surface area contributed by atoms with Gasteiger partial charge in [-0.15, -0.1) is 0 Å². The number of hydrogen-bond acceptors (Lipinski definition) is 2. The summed E-state index contributed by atoms with van der Waals surface area (Å²) in [4.78, 5) is 5.75. The predicted molar refractivity (Wildman–Crippen MR) is 103 cm³/mol. The highest BCUT2D eigenvalue weighted by Crippen LogP contribution is 2.59. The fourth-order valence-electron chi connectivity index (χ4n) is 2.47. The zero-order valence-corrected chi connectivity index (χ0v) is 19.0. The van der Waals surface area contributed by atoms with Crippen LogP contribution in [0.3, 0.4) is 0 Å². The van der Waals surface area contributed by atoms with Gasteiger partial charge in [-0.05, 0) is 44.0 Å². The molecule has 0 aliphatic rings. The van der Waals surface area contributed by atoms with Gasteiger partial charge in [-0.25, -0.2) is 4.99 Å². The van der Waals surface area contributed by atoms with Crippen LogP contribution in [0.1, 0.15) is 25.0 Å². The van der Waals surface area contributed by atoms with Crippen LogP contribution in [0, 0.1) is 13.8 Å². The second kappa shape index (κ2) is 9.60. The topological polar surface area (TPSA) is 24.8 Å². The van der Waals surface area contributed by atoms with E-state index in [4.69, 9.17) is 0 Å². The van der Waals surface area contributed by atoms with Crippen molar-refractivity contribution >= 4 is 12.0 Å². The first-order valence-electron chi connectivity index (χ1n) is 9.73. The van der Waals surface area contributed by atoms with E-state index < -0.39 is 54.8 Å². The normalized spacial score (nSPS) is 14.5. The summed E-state index contributed by atoms with van der Waals surface area (Å²) in [6.07, 6.45) is 1.41. The third kappa shape index (κ3) is 5.42. The Morgan fingerprint density at radius 1 is 0.800 bits per heavy atom. The molecular formula is C20H22F12N2O. The maximum absolute atomic E-state index is 14.0. The highest BCUT2D eigenvalue weighted by molar-refractivity contribution is 5.64. The number of nitrogens with zero attached hydrogens (tertiary/aromatic N) is 2. The third-order valence-corrected chi connectivity index (χ3v) is 4.99. The summed E-state index contributed by atoms with van der Waals surface area (Å²) in [6, 6.07) is 2.27. The van der Waals surface area contributed by atoms with Crippen LogP contribution >= 0.6 is 0 Å². The lowest BCUT2D eigenvalue weighted by molar-refractivity contribution is -0.424. The summed E-state index contributed by atoms with van der Waals surface area (Å²) in [5.74, 6) is -42.2. The summed E-state index contributed by atoms with van der Waals surface area (Å²) in [5, 5.41) is 0. The quantitative estimate of drug-likeness (QED) is 0.172. The van der Waals surface area contributed by atoms with Crippen molar-refractivity contribution in [2.45, 2.75) is 63.2 Å². The minimum atomic E-state index is -7.61. The lowest BCUT2D eigenvalue weighted by Crippen LogP contribution is -2.70. The van der Waals surface area contributed by atoms with Gasteiger partial charge in [0.1, 0.15) is 5.75 Å². The number of aliphatic imine (C=N–C) groups is 1. The van der Waals surface area contributed by atoms with E-state index in [1.165, 1.54) is 26.3 Å². The van der Waals surface area contributed by atoms with Gasteiger partial charge in [-0.2, -0.15) is 52.7 Å². The first-order valence-corrected chi connectivity index (χ1v) is 9.73. The van der Waals surface area contributed by atoms with Gasteiger partial charge in [-0.1, -0.05) is 0 Å². The smallest absolute Gasteiger partial charge is 0.384 e. The Kier molecular flexibility index (Phi) is 8.42. The minimum Gasteiger partial charge on any atom is -0.487 e. The Bertz CT molecular complexity index is 925. The van der Waals surface area contributed by atoms with Gasteiger partial charge in [0.15, 0.2) is 6.61 Å². The van der Waals surface area contributed by atoms with Crippen molar-refractivity contribution in [3.8, 4) is 5.75 Å². The number of rotatable bonds is 11. The Hall–Kier alpha value is -2.35. The fraction of sp³-hybridized carbons (Fsp3) is 0.650. The molecule has 35 heavy (non-hydrogen) atoms. The molecule has 1 rings (SSSR count). The van der Waals surface area contributed by atoms with Crippen LogP contribution < -0.4 is 4.74 Å². The molecule has 15 heteroatoms. The Morgan fingerprint density at radius 3 is 1.74 bits per heavy atom. The Balaban J connectivity index is 3.27. The molecule has 0 saturated carbocycles. The van der Waals surface area contributed by atoms with E-state index >= 15 is 0 Å². The monoisotopic (exact) mass is 534 g/mol. The highest BCUT2D eigenvalue weighted by atomic mass is 19.4. The molecule has 1 aromatic rings. The molecule has 0 aliphatic carbocycles. The van der Waals surface area contributed by atoms with E-state index in [-0.39, 0.29) is 11.1 Å². The summed E-state index contributed by atoms with van der Waals surface area (Å²) in [7, 11) is 1.68. The number of alkyl halides is 12. The molecule has 0 saturated heterocycles. The molecule has 0 fully saturated rings. The second-order valence-electron chi connectivity index (χ2n) is 7.90. The lowest BCUT2D eigenvalue weighted by Gasteiger charge is -2.40. The van der Waals surface area contributed by atoms with Crippen molar-refractivity contribution in [1.29, 1.82) is 0 Å². The van der Waals surface area contributed by atoms with Crippen LogP contribution in [-0.4, -0.2) is 67.0 Å². The van der Waals surface area contributed by atoms with Crippen molar-refractivity contribution < 1.29 is 57.4 Å². The minimum absolute atomic E-state index is 0.00438. The van der Waals surface area contributed by atoms with Gasteiger partial charge in [0, 0.05) is 20.5 Å². The molecule has 1 aromatic carbocycles. The van der Waals surface area contributed by atoms with Gasteiger partial charge in [0.05, 0.1) is 12.0 Å². The molecule has 0 aromatic heterocycles.